The van der Waals surface area contributed by atoms with Crippen molar-refractivity contribution in [3.63, 3.8) is 0 Å². The van der Waals surface area contributed by atoms with Crippen LogP contribution >= 0.6 is 11.6 Å². The topological polar surface area (TPSA) is 22.4 Å². The van der Waals surface area contributed by atoms with E-state index < -0.39 is 0 Å². The van der Waals surface area contributed by atoms with Gasteiger partial charge in [0.15, 0.2) is 0 Å². The molecule has 128 valence electrons. The number of hydrogen-bond acceptors (Lipinski definition) is 2. The number of rotatable bonds is 7. The van der Waals surface area contributed by atoms with Crippen molar-refractivity contribution in [1.29, 1.82) is 0 Å². The van der Waals surface area contributed by atoms with E-state index >= 15 is 0 Å². The molecule has 2 aromatic carbocycles. The molecular formula is C20H25ClNO2+. The maximum absolute atomic E-state index is 6.04. The standard InChI is InChI=1S/C20H25ClNO2/c1-4-22(5-2,6-3)11-12-23-16-8-10-18-17-9-7-15(21)13-19(17)24-20(18)14-16/h7-10,13-14H,4-6,11-12H2,1-3H3/q+1. The van der Waals surface area contributed by atoms with Gasteiger partial charge >= 0.3 is 0 Å². The predicted molar refractivity (Wildman–Crippen MR) is 101 cm³/mol. The number of nitrogens with zero attached hydrogens (tertiary/aromatic N) is 1. The molecule has 3 nitrogen and oxygen atoms in total. The fourth-order valence-corrected chi connectivity index (χ4v) is 3.49. The van der Waals surface area contributed by atoms with E-state index in [-0.39, 0.29) is 0 Å². The van der Waals surface area contributed by atoms with Crippen LogP contribution in [0.25, 0.3) is 21.9 Å². The largest absolute Gasteiger partial charge is 0.488 e. The molecule has 0 fully saturated rings. The lowest BCUT2D eigenvalue weighted by atomic mass is 10.1. The molecular weight excluding hydrogens is 322 g/mol. The first-order valence-corrected chi connectivity index (χ1v) is 9.08. The molecule has 1 heterocycles. The van der Waals surface area contributed by atoms with E-state index in [0.717, 1.165) is 58.4 Å². The van der Waals surface area contributed by atoms with Crippen molar-refractivity contribution in [1.82, 2.24) is 0 Å². The Labute approximate surface area is 148 Å². The summed E-state index contributed by atoms with van der Waals surface area (Å²) >= 11 is 6.04. The Balaban J connectivity index is 1.77. The summed E-state index contributed by atoms with van der Waals surface area (Å²) in [6, 6.07) is 11.8. The summed E-state index contributed by atoms with van der Waals surface area (Å²) in [4.78, 5) is 0. The van der Waals surface area contributed by atoms with E-state index in [2.05, 4.69) is 26.8 Å². The van der Waals surface area contributed by atoms with Gasteiger partial charge in [0, 0.05) is 27.9 Å². The minimum Gasteiger partial charge on any atom is -0.488 e. The third-order valence-electron chi connectivity index (χ3n) is 5.25. The molecule has 3 aromatic rings. The molecule has 1 aromatic heterocycles. The van der Waals surface area contributed by atoms with Gasteiger partial charge in [-0.1, -0.05) is 11.6 Å². The number of halogens is 1. The van der Waals surface area contributed by atoms with Crippen molar-refractivity contribution in [3.05, 3.63) is 41.4 Å². The van der Waals surface area contributed by atoms with E-state index in [1.807, 2.05) is 30.3 Å². The lowest BCUT2D eigenvalue weighted by Crippen LogP contribution is -2.49. The summed E-state index contributed by atoms with van der Waals surface area (Å²) < 4.78 is 13.0. The fraction of sp³-hybridized carbons (Fsp3) is 0.400. The number of fused-ring (bicyclic) bond motifs is 3. The molecule has 0 saturated carbocycles. The van der Waals surface area contributed by atoms with Gasteiger partial charge in [0.2, 0.25) is 0 Å². The molecule has 0 amide bonds. The molecule has 0 N–H and O–H groups in total. The summed E-state index contributed by atoms with van der Waals surface area (Å²) in [5.74, 6) is 0.856. The summed E-state index contributed by atoms with van der Waals surface area (Å²) in [5.41, 5.74) is 1.65. The molecule has 0 aliphatic heterocycles. The Bertz CT molecular complexity index is 828. The Kier molecular flexibility index (Phi) is 5.02. The molecule has 0 radical (unpaired) electrons. The smallest absolute Gasteiger partial charge is 0.139 e. The Morgan fingerprint density at radius 3 is 2.21 bits per heavy atom. The highest BCUT2D eigenvalue weighted by molar-refractivity contribution is 6.31. The number of hydrogen-bond donors (Lipinski definition) is 0. The maximum Gasteiger partial charge on any atom is 0.139 e. The van der Waals surface area contributed by atoms with Crippen molar-refractivity contribution in [2.45, 2.75) is 20.8 Å². The molecule has 24 heavy (non-hydrogen) atoms. The van der Waals surface area contributed by atoms with Crippen LogP contribution in [0.1, 0.15) is 20.8 Å². The highest BCUT2D eigenvalue weighted by Crippen LogP contribution is 2.32. The molecule has 3 rings (SSSR count). The SMILES string of the molecule is CC[N+](CC)(CC)CCOc1ccc2c(c1)oc1cc(Cl)ccc12. The van der Waals surface area contributed by atoms with Crippen molar-refractivity contribution in [2.75, 3.05) is 32.8 Å². The molecule has 0 bridgehead atoms. The first-order chi connectivity index (χ1) is 11.6. The molecule has 0 saturated heterocycles. The number of likely N-dealkylation sites (N-methyl/N-ethyl adjacent to an activating group) is 1. The van der Waals surface area contributed by atoms with Gasteiger partial charge in [0.1, 0.15) is 30.1 Å². The normalized spacial score (nSPS) is 12.2. The number of benzene rings is 2. The van der Waals surface area contributed by atoms with Crippen LogP contribution in [0.4, 0.5) is 0 Å². The fourth-order valence-electron chi connectivity index (χ4n) is 3.32. The molecule has 0 unspecified atom stereocenters. The van der Waals surface area contributed by atoms with E-state index in [0.29, 0.717) is 11.6 Å². The zero-order valence-electron chi connectivity index (χ0n) is 14.6. The number of furan rings is 1. The van der Waals surface area contributed by atoms with Crippen LogP contribution < -0.4 is 4.74 Å². The van der Waals surface area contributed by atoms with Gasteiger partial charge in [-0.25, -0.2) is 0 Å². The Hall–Kier alpha value is -1.71. The third kappa shape index (κ3) is 3.24. The third-order valence-corrected chi connectivity index (χ3v) is 5.49. The number of ether oxygens (including phenoxy) is 1. The first-order valence-electron chi connectivity index (χ1n) is 8.70. The highest BCUT2D eigenvalue weighted by atomic mass is 35.5. The van der Waals surface area contributed by atoms with Crippen LogP contribution in [0.2, 0.25) is 5.02 Å². The minimum atomic E-state index is 0.686. The minimum absolute atomic E-state index is 0.686. The maximum atomic E-state index is 6.04. The van der Waals surface area contributed by atoms with Crippen LogP contribution in [0.5, 0.6) is 5.75 Å². The van der Waals surface area contributed by atoms with Crippen LogP contribution in [0, 0.1) is 0 Å². The zero-order chi connectivity index (χ0) is 17.2. The molecule has 0 aliphatic rings. The van der Waals surface area contributed by atoms with Crippen LogP contribution in [0.3, 0.4) is 0 Å². The van der Waals surface area contributed by atoms with Gasteiger partial charge < -0.3 is 13.6 Å². The van der Waals surface area contributed by atoms with Crippen molar-refractivity contribution in [3.8, 4) is 5.75 Å². The summed E-state index contributed by atoms with van der Waals surface area (Å²) in [6.07, 6.45) is 0. The molecule has 0 atom stereocenters. The lowest BCUT2D eigenvalue weighted by Gasteiger charge is -2.35. The quantitative estimate of drug-likeness (QED) is 0.527. The van der Waals surface area contributed by atoms with Crippen LogP contribution in [-0.4, -0.2) is 37.3 Å². The van der Waals surface area contributed by atoms with Crippen molar-refractivity contribution < 1.29 is 13.6 Å². The molecule has 0 spiro atoms. The highest BCUT2D eigenvalue weighted by Gasteiger charge is 2.20. The van der Waals surface area contributed by atoms with Crippen LogP contribution in [-0.2, 0) is 0 Å². The van der Waals surface area contributed by atoms with Gasteiger partial charge in [0.05, 0.1) is 19.6 Å². The zero-order valence-corrected chi connectivity index (χ0v) is 15.4. The monoisotopic (exact) mass is 346 g/mol. The van der Waals surface area contributed by atoms with Crippen LogP contribution in [0.15, 0.2) is 40.8 Å². The van der Waals surface area contributed by atoms with E-state index in [9.17, 15) is 0 Å². The van der Waals surface area contributed by atoms with Gasteiger partial charge in [-0.15, -0.1) is 0 Å². The summed E-state index contributed by atoms with van der Waals surface area (Å²) in [6.45, 7) is 11.9. The van der Waals surface area contributed by atoms with Crippen molar-refractivity contribution in [2.24, 2.45) is 0 Å². The second kappa shape index (κ2) is 7.04. The first kappa shape index (κ1) is 17.1. The van der Waals surface area contributed by atoms with Gasteiger partial charge in [-0.3, -0.25) is 0 Å². The van der Waals surface area contributed by atoms with E-state index in [1.165, 1.54) is 0 Å². The van der Waals surface area contributed by atoms with Gasteiger partial charge in [-0.05, 0) is 45.0 Å². The van der Waals surface area contributed by atoms with Gasteiger partial charge in [0.25, 0.3) is 0 Å². The van der Waals surface area contributed by atoms with E-state index in [1.54, 1.807) is 0 Å². The summed E-state index contributed by atoms with van der Waals surface area (Å²) in [5, 5.41) is 2.86. The lowest BCUT2D eigenvalue weighted by molar-refractivity contribution is -0.923. The summed E-state index contributed by atoms with van der Waals surface area (Å²) in [7, 11) is 0. The second-order valence-electron chi connectivity index (χ2n) is 6.26. The van der Waals surface area contributed by atoms with E-state index in [4.69, 9.17) is 20.8 Å². The van der Waals surface area contributed by atoms with Gasteiger partial charge in [-0.2, -0.15) is 0 Å². The Morgan fingerprint density at radius 2 is 1.54 bits per heavy atom. The van der Waals surface area contributed by atoms with Crippen molar-refractivity contribution >= 4 is 33.5 Å². The Morgan fingerprint density at radius 1 is 0.917 bits per heavy atom. The molecule has 4 heteroatoms. The predicted octanol–water partition coefficient (Wildman–Crippen LogP) is 5.49. The average Bonchev–Trinajstić information content (AvgIpc) is 2.95. The average molecular weight is 347 g/mol. The molecule has 0 aliphatic carbocycles. The second-order valence-corrected chi connectivity index (χ2v) is 6.70. The number of quaternary nitrogens is 1.